The highest BCUT2D eigenvalue weighted by Crippen LogP contribution is 2.31. The van der Waals surface area contributed by atoms with Crippen molar-refractivity contribution in [2.75, 3.05) is 11.9 Å². The summed E-state index contributed by atoms with van der Waals surface area (Å²) in [5, 5.41) is 6.34. The first-order valence-electron chi connectivity index (χ1n) is 6.59. The molecule has 2 aromatic rings. The van der Waals surface area contributed by atoms with Crippen molar-refractivity contribution in [2.24, 2.45) is 0 Å². The van der Waals surface area contributed by atoms with Crippen LogP contribution in [-0.4, -0.2) is 12.5 Å². The van der Waals surface area contributed by atoms with Crippen LogP contribution in [0, 0.1) is 0 Å². The number of anilines is 1. The molecule has 104 valence electrons. The summed E-state index contributed by atoms with van der Waals surface area (Å²) in [5.41, 5.74) is 2.15. The summed E-state index contributed by atoms with van der Waals surface area (Å²) in [6.07, 6.45) is 0.827. The first-order valence-corrected chi connectivity index (χ1v) is 7.78. The number of benzene rings is 1. The largest absolute Gasteiger partial charge is 0.385 e. The molecule has 0 radical (unpaired) electrons. The summed E-state index contributed by atoms with van der Waals surface area (Å²) in [4.78, 5) is 13.4. The maximum Gasteiger partial charge on any atom is 0.227 e. The van der Waals surface area contributed by atoms with Gasteiger partial charge in [0.15, 0.2) is 0 Å². The minimum absolute atomic E-state index is 0.0668. The quantitative estimate of drug-likeness (QED) is 0.909. The van der Waals surface area contributed by atoms with Gasteiger partial charge in [-0.3, -0.25) is 4.79 Å². The van der Waals surface area contributed by atoms with Crippen LogP contribution in [0.5, 0.6) is 0 Å². The van der Waals surface area contributed by atoms with Gasteiger partial charge in [0.2, 0.25) is 5.91 Å². The summed E-state index contributed by atoms with van der Waals surface area (Å²) in [7, 11) is 0. The molecule has 3 nitrogen and oxygen atoms in total. The maximum atomic E-state index is 12.4. The molecule has 1 aliphatic heterocycles. The van der Waals surface area contributed by atoms with E-state index < -0.39 is 0 Å². The maximum absolute atomic E-state index is 12.4. The molecule has 1 aromatic heterocycles. The molecule has 0 saturated carbocycles. The Morgan fingerprint density at radius 2 is 2.20 bits per heavy atom. The summed E-state index contributed by atoms with van der Waals surface area (Å²) in [6, 6.07) is 11.8. The number of amides is 1. The number of carbonyl (C=O) groups is 1. The van der Waals surface area contributed by atoms with Crippen LogP contribution in [0.4, 0.5) is 5.69 Å². The van der Waals surface area contributed by atoms with Gasteiger partial charge in [-0.25, -0.2) is 0 Å². The molecule has 20 heavy (non-hydrogen) atoms. The molecule has 1 aromatic carbocycles. The van der Waals surface area contributed by atoms with E-state index in [9.17, 15) is 4.79 Å². The van der Waals surface area contributed by atoms with Crippen LogP contribution in [0.1, 0.15) is 22.8 Å². The zero-order valence-corrected chi connectivity index (χ0v) is 12.4. The number of nitrogens with one attached hydrogen (secondary N) is 2. The standard InChI is InChI=1S/C15H15ClN2OS/c16-14-6-5-10(20-14)9-18-15(19)12-7-8-17-13-4-2-1-3-11(12)13/h1-6,12,17H,7-9H2,(H,18,19). The van der Waals surface area contributed by atoms with Gasteiger partial charge in [-0.2, -0.15) is 0 Å². The molecule has 5 heteroatoms. The molecule has 0 bridgehead atoms. The Balaban J connectivity index is 1.69. The molecule has 2 heterocycles. The van der Waals surface area contributed by atoms with Gasteiger partial charge >= 0.3 is 0 Å². The van der Waals surface area contributed by atoms with Crippen molar-refractivity contribution in [1.29, 1.82) is 0 Å². The van der Waals surface area contributed by atoms with Crippen molar-refractivity contribution in [3.8, 4) is 0 Å². The highest BCUT2D eigenvalue weighted by atomic mass is 35.5. The smallest absolute Gasteiger partial charge is 0.227 e. The van der Waals surface area contributed by atoms with E-state index in [0.29, 0.717) is 6.54 Å². The average Bonchev–Trinajstić information content (AvgIpc) is 2.90. The highest BCUT2D eigenvalue weighted by molar-refractivity contribution is 7.16. The second-order valence-electron chi connectivity index (χ2n) is 4.78. The van der Waals surface area contributed by atoms with E-state index in [4.69, 9.17) is 11.6 Å². The van der Waals surface area contributed by atoms with Gasteiger partial charge in [0.25, 0.3) is 0 Å². The van der Waals surface area contributed by atoms with E-state index in [1.807, 2.05) is 36.4 Å². The number of carbonyl (C=O) groups excluding carboxylic acids is 1. The van der Waals surface area contributed by atoms with E-state index in [0.717, 1.165) is 33.4 Å². The summed E-state index contributed by atoms with van der Waals surface area (Å²) in [6.45, 7) is 1.38. The number of thiophene rings is 1. The lowest BCUT2D eigenvalue weighted by Crippen LogP contribution is -2.32. The van der Waals surface area contributed by atoms with Gasteiger partial charge < -0.3 is 10.6 Å². The third-order valence-electron chi connectivity index (χ3n) is 3.47. The minimum Gasteiger partial charge on any atom is -0.385 e. The molecule has 0 fully saturated rings. The normalized spacial score (nSPS) is 17.1. The SMILES string of the molecule is O=C(NCc1ccc(Cl)s1)C1CCNc2ccccc21. The molecule has 0 spiro atoms. The third-order valence-corrected chi connectivity index (χ3v) is 4.70. The lowest BCUT2D eigenvalue weighted by Gasteiger charge is -2.25. The zero-order chi connectivity index (χ0) is 13.9. The third kappa shape index (κ3) is 2.81. The fraction of sp³-hybridized carbons (Fsp3) is 0.267. The van der Waals surface area contributed by atoms with Crippen molar-refractivity contribution >= 4 is 34.5 Å². The van der Waals surface area contributed by atoms with Gasteiger partial charge in [-0.15, -0.1) is 11.3 Å². The van der Waals surface area contributed by atoms with E-state index in [-0.39, 0.29) is 11.8 Å². The van der Waals surface area contributed by atoms with Crippen molar-refractivity contribution < 1.29 is 4.79 Å². The molecular weight excluding hydrogens is 292 g/mol. The van der Waals surface area contributed by atoms with Crippen molar-refractivity contribution in [1.82, 2.24) is 5.32 Å². The lowest BCUT2D eigenvalue weighted by molar-refractivity contribution is -0.122. The number of fused-ring (bicyclic) bond motifs is 1. The first kappa shape index (κ1) is 13.5. The van der Waals surface area contributed by atoms with Crippen LogP contribution in [0.3, 0.4) is 0 Å². The Kier molecular flexibility index (Phi) is 3.94. The Hall–Kier alpha value is -1.52. The van der Waals surface area contributed by atoms with Gasteiger partial charge in [-0.05, 0) is 30.2 Å². The number of hydrogen-bond donors (Lipinski definition) is 2. The van der Waals surface area contributed by atoms with Crippen LogP contribution < -0.4 is 10.6 Å². The highest BCUT2D eigenvalue weighted by Gasteiger charge is 2.25. The van der Waals surface area contributed by atoms with Crippen LogP contribution in [-0.2, 0) is 11.3 Å². The van der Waals surface area contributed by atoms with Gasteiger partial charge in [0.1, 0.15) is 0 Å². The first-order chi connectivity index (χ1) is 9.74. The van der Waals surface area contributed by atoms with Gasteiger partial charge in [0, 0.05) is 17.1 Å². The van der Waals surface area contributed by atoms with Crippen LogP contribution in [0.25, 0.3) is 0 Å². The Morgan fingerprint density at radius 1 is 1.35 bits per heavy atom. The molecular formula is C15H15ClN2OS. The number of hydrogen-bond acceptors (Lipinski definition) is 3. The zero-order valence-electron chi connectivity index (χ0n) is 10.9. The Morgan fingerprint density at radius 3 is 3.00 bits per heavy atom. The number of halogens is 1. The topological polar surface area (TPSA) is 41.1 Å². The molecule has 3 rings (SSSR count). The fourth-order valence-corrected chi connectivity index (χ4v) is 3.51. The van der Waals surface area contributed by atoms with E-state index in [2.05, 4.69) is 10.6 Å². The molecule has 2 N–H and O–H groups in total. The lowest BCUT2D eigenvalue weighted by atomic mass is 9.90. The second-order valence-corrected chi connectivity index (χ2v) is 6.58. The van der Waals surface area contributed by atoms with Gasteiger partial charge in [-0.1, -0.05) is 29.8 Å². The van der Waals surface area contributed by atoms with Crippen LogP contribution in [0.2, 0.25) is 4.34 Å². The molecule has 0 saturated heterocycles. The molecule has 1 amide bonds. The van der Waals surface area contributed by atoms with Crippen molar-refractivity contribution in [3.63, 3.8) is 0 Å². The second kappa shape index (κ2) is 5.85. The summed E-state index contributed by atoms with van der Waals surface area (Å²) >= 11 is 7.39. The predicted molar refractivity (Wildman–Crippen MR) is 83.5 cm³/mol. The molecule has 1 unspecified atom stereocenters. The van der Waals surface area contributed by atoms with E-state index in [1.54, 1.807) is 0 Å². The summed E-state index contributed by atoms with van der Waals surface area (Å²) < 4.78 is 0.751. The number of rotatable bonds is 3. The van der Waals surface area contributed by atoms with Crippen LogP contribution >= 0.6 is 22.9 Å². The monoisotopic (exact) mass is 306 g/mol. The fourth-order valence-electron chi connectivity index (χ4n) is 2.49. The van der Waals surface area contributed by atoms with Crippen molar-refractivity contribution in [3.05, 3.63) is 51.2 Å². The van der Waals surface area contributed by atoms with E-state index >= 15 is 0 Å². The molecule has 1 aliphatic rings. The van der Waals surface area contributed by atoms with Crippen molar-refractivity contribution in [2.45, 2.75) is 18.9 Å². The van der Waals surface area contributed by atoms with Crippen LogP contribution in [0.15, 0.2) is 36.4 Å². The minimum atomic E-state index is -0.0668. The predicted octanol–water partition coefficient (Wildman–Crippen LogP) is 3.62. The Bertz CT molecular complexity index is 626. The van der Waals surface area contributed by atoms with Gasteiger partial charge in [0.05, 0.1) is 16.8 Å². The molecule has 1 atom stereocenters. The average molecular weight is 307 g/mol. The van der Waals surface area contributed by atoms with E-state index in [1.165, 1.54) is 11.3 Å². The summed E-state index contributed by atoms with van der Waals surface area (Å²) in [5.74, 6) is 0.0198. The number of para-hydroxylation sites is 1. The molecule has 0 aliphatic carbocycles. The Labute approximate surface area is 127 Å².